The Hall–Kier alpha value is -1.10. The molecule has 5 heteroatoms. The Morgan fingerprint density at radius 1 is 1.24 bits per heavy atom. The zero-order valence-electron chi connectivity index (χ0n) is 13.4. The molecule has 0 aromatic carbocycles. The molecule has 0 radical (unpaired) electrons. The van der Waals surface area contributed by atoms with Crippen LogP contribution in [-0.2, 0) is 19.1 Å². The predicted octanol–water partition coefficient (Wildman–Crippen LogP) is 1.75. The SMILES string of the molecule is CN1CCC(OC(=O)[C@@]23CC[C@](C)(C(=O)O2)C3(C)C)CC1. The number of carbonyl (C=O) groups is 2. The van der Waals surface area contributed by atoms with E-state index in [1.165, 1.54) is 0 Å². The summed E-state index contributed by atoms with van der Waals surface area (Å²) in [6.07, 6.45) is 2.92. The van der Waals surface area contributed by atoms with E-state index in [0.717, 1.165) is 25.9 Å². The third-order valence-electron chi connectivity index (χ3n) is 6.35. The van der Waals surface area contributed by atoms with Gasteiger partial charge in [-0.1, -0.05) is 13.8 Å². The molecule has 0 aromatic rings. The van der Waals surface area contributed by atoms with Crippen molar-refractivity contribution < 1.29 is 19.1 Å². The van der Waals surface area contributed by atoms with Crippen LogP contribution in [0, 0.1) is 10.8 Å². The Labute approximate surface area is 126 Å². The van der Waals surface area contributed by atoms with E-state index in [-0.39, 0.29) is 18.0 Å². The van der Waals surface area contributed by atoms with Gasteiger partial charge >= 0.3 is 11.9 Å². The van der Waals surface area contributed by atoms with Gasteiger partial charge in [0.05, 0.1) is 5.41 Å². The predicted molar refractivity (Wildman–Crippen MR) is 76.6 cm³/mol. The number of nitrogens with zero attached hydrogens (tertiary/aromatic N) is 1. The smallest absolute Gasteiger partial charge is 0.351 e. The summed E-state index contributed by atoms with van der Waals surface area (Å²) >= 11 is 0. The largest absolute Gasteiger partial charge is 0.459 e. The molecule has 21 heavy (non-hydrogen) atoms. The van der Waals surface area contributed by atoms with E-state index < -0.39 is 16.4 Å². The zero-order chi connectivity index (χ0) is 15.5. The van der Waals surface area contributed by atoms with E-state index in [9.17, 15) is 9.59 Å². The van der Waals surface area contributed by atoms with Crippen LogP contribution in [0.25, 0.3) is 0 Å². The molecule has 0 unspecified atom stereocenters. The number of hydrogen-bond donors (Lipinski definition) is 0. The summed E-state index contributed by atoms with van der Waals surface area (Å²) in [6, 6.07) is 0. The van der Waals surface area contributed by atoms with Crippen LogP contribution >= 0.6 is 0 Å². The standard InChI is InChI=1S/C16H25NO4/c1-14(2)15(3)7-8-16(14,21-12(15)18)13(19)20-11-5-9-17(4)10-6-11/h11H,5-10H2,1-4H3/t15-,16-/m1/s1. The Morgan fingerprint density at radius 2 is 1.86 bits per heavy atom. The average molecular weight is 295 g/mol. The second-order valence-corrected chi connectivity index (χ2v) is 7.58. The summed E-state index contributed by atoms with van der Waals surface area (Å²) in [7, 11) is 2.07. The first kappa shape index (κ1) is 14.8. The molecule has 3 rings (SSSR count). The van der Waals surface area contributed by atoms with Crippen molar-refractivity contribution in [2.75, 3.05) is 20.1 Å². The van der Waals surface area contributed by atoms with Crippen LogP contribution in [0.2, 0.25) is 0 Å². The minimum absolute atomic E-state index is 0.0509. The summed E-state index contributed by atoms with van der Waals surface area (Å²) in [5, 5.41) is 0. The summed E-state index contributed by atoms with van der Waals surface area (Å²) < 4.78 is 11.3. The van der Waals surface area contributed by atoms with E-state index in [1.807, 2.05) is 20.8 Å². The lowest BCUT2D eigenvalue weighted by molar-refractivity contribution is -0.188. The number of ether oxygens (including phenoxy) is 2. The van der Waals surface area contributed by atoms with E-state index >= 15 is 0 Å². The fourth-order valence-corrected chi connectivity index (χ4v) is 4.05. The van der Waals surface area contributed by atoms with Gasteiger partial charge in [0.2, 0.25) is 5.60 Å². The molecule has 2 bridgehead atoms. The Kier molecular flexibility index (Phi) is 3.14. The number of carbonyl (C=O) groups excluding carboxylic acids is 2. The molecule has 5 nitrogen and oxygen atoms in total. The molecule has 3 fully saturated rings. The van der Waals surface area contributed by atoms with Gasteiger partial charge in [0.25, 0.3) is 0 Å². The van der Waals surface area contributed by atoms with Gasteiger partial charge in [-0.3, -0.25) is 4.79 Å². The van der Waals surface area contributed by atoms with Crippen molar-refractivity contribution in [1.29, 1.82) is 0 Å². The van der Waals surface area contributed by atoms with Crippen LogP contribution in [-0.4, -0.2) is 48.7 Å². The van der Waals surface area contributed by atoms with Crippen molar-refractivity contribution in [2.24, 2.45) is 10.8 Å². The maximum atomic E-state index is 12.8. The average Bonchev–Trinajstić information content (AvgIpc) is 2.72. The molecule has 0 N–H and O–H groups in total. The van der Waals surface area contributed by atoms with E-state index in [4.69, 9.17) is 9.47 Å². The highest BCUT2D eigenvalue weighted by Gasteiger charge is 2.76. The van der Waals surface area contributed by atoms with Gasteiger partial charge in [-0.15, -0.1) is 0 Å². The lowest BCUT2D eigenvalue weighted by Crippen LogP contribution is -2.50. The monoisotopic (exact) mass is 295 g/mol. The van der Waals surface area contributed by atoms with Crippen LogP contribution < -0.4 is 0 Å². The van der Waals surface area contributed by atoms with Gasteiger partial charge in [0, 0.05) is 18.5 Å². The topological polar surface area (TPSA) is 55.8 Å². The summed E-state index contributed by atoms with van der Waals surface area (Å²) in [4.78, 5) is 27.2. The first-order valence-corrected chi connectivity index (χ1v) is 7.86. The molecule has 2 aliphatic heterocycles. The summed E-state index contributed by atoms with van der Waals surface area (Å²) in [5.41, 5.74) is -2.17. The highest BCUT2D eigenvalue weighted by atomic mass is 16.6. The van der Waals surface area contributed by atoms with Crippen LogP contribution in [0.5, 0.6) is 0 Å². The number of esters is 2. The van der Waals surface area contributed by atoms with Crippen molar-refractivity contribution in [2.45, 2.75) is 58.2 Å². The highest BCUT2D eigenvalue weighted by molar-refractivity contribution is 5.93. The molecule has 1 saturated carbocycles. The summed E-state index contributed by atoms with van der Waals surface area (Å²) in [5.74, 6) is -0.587. The molecule has 2 atom stereocenters. The number of piperidine rings is 1. The number of fused-ring (bicyclic) bond motifs is 2. The fourth-order valence-electron chi connectivity index (χ4n) is 4.05. The third-order valence-corrected chi connectivity index (χ3v) is 6.35. The Morgan fingerprint density at radius 3 is 2.33 bits per heavy atom. The molecule has 0 aromatic heterocycles. The molecule has 0 spiro atoms. The van der Waals surface area contributed by atoms with Gasteiger partial charge in [-0.25, -0.2) is 4.79 Å². The zero-order valence-corrected chi connectivity index (χ0v) is 13.4. The molecular formula is C16H25NO4. The molecule has 2 saturated heterocycles. The molecule has 2 heterocycles. The van der Waals surface area contributed by atoms with Crippen LogP contribution in [0.1, 0.15) is 46.5 Å². The Bertz CT molecular complexity index is 481. The number of rotatable bonds is 2. The lowest BCUT2D eigenvalue weighted by Gasteiger charge is -2.36. The molecule has 3 aliphatic rings. The van der Waals surface area contributed by atoms with Crippen molar-refractivity contribution in [3.8, 4) is 0 Å². The van der Waals surface area contributed by atoms with E-state index in [1.54, 1.807) is 0 Å². The maximum Gasteiger partial charge on any atom is 0.351 e. The van der Waals surface area contributed by atoms with Gasteiger partial charge < -0.3 is 14.4 Å². The second-order valence-electron chi connectivity index (χ2n) is 7.58. The van der Waals surface area contributed by atoms with Crippen LogP contribution in [0.4, 0.5) is 0 Å². The van der Waals surface area contributed by atoms with Gasteiger partial charge in [0.1, 0.15) is 6.10 Å². The van der Waals surface area contributed by atoms with Crippen molar-refractivity contribution in [3.63, 3.8) is 0 Å². The van der Waals surface area contributed by atoms with E-state index in [2.05, 4.69) is 11.9 Å². The Balaban J connectivity index is 1.77. The second kappa shape index (κ2) is 4.45. The first-order chi connectivity index (χ1) is 9.73. The normalized spacial score (nSPS) is 39.3. The number of likely N-dealkylation sites (tertiary alicyclic amines) is 1. The van der Waals surface area contributed by atoms with Gasteiger partial charge in [-0.2, -0.15) is 0 Å². The quantitative estimate of drug-likeness (QED) is 0.726. The van der Waals surface area contributed by atoms with Gasteiger partial charge in [-0.05, 0) is 39.7 Å². The van der Waals surface area contributed by atoms with Crippen molar-refractivity contribution >= 4 is 11.9 Å². The molecule has 118 valence electrons. The van der Waals surface area contributed by atoms with E-state index in [0.29, 0.717) is 12.8 Å². The minimum Gasteiger partial charge on any atom is -0.459 e. The highest BCUT2D eigenvalue weighted by Crippen LogP contribution is 2.65. The van der Waals surface area contributed by atoms with Crippen LogP contribution in [0.15, 0.2) is 0 Å². The number of hydrogen-bond acceptors (Lipinski definition) is 5. The first-order valence-electron chi connectivity index (χ1n) is 7.86. The molecule has 0 amide bonds. The lowest BCUT2D eigenvalue weighted by atomic mass is 9.66. The molecular weight excluding hydrogens is 270 g/mol. The van der Waals surface area contributed by atoms with Gasteiger partial charge in [0.15, 0.2) is 0 Å². The summed E-state index contributed by atoms with van der Waals surface area (Å²) in [6.45, 7) is 7.70. The third kappa shape index (κ3) is 1.79. The molecule has 1 aliphatic carbocycles. The van der Waals surface area contributed by atoms with Crippen LogP contribution in [0.3, 0.4) is 0 Å². The maximum absolute atomic E-state index is 12.8. The fraction of sp³-hybridized carbons (Fsp3) is 0.875. The minimum atomic E-state index is -1.08. The van der Waals surface area contributed by atoms with Crippen molar-refractivity contribution in [1.82, 2.24) is 4.90 Å². The van der Waals surface area contributed by atoms with Crippen molar-refractivity contribution in [3.05, 3.63) is 0 Å².